The molecule has 0 aromatic heterocycles. The van der Waals surface area contributed by atoms with E-state index >= 15 is 0 Å². The Balaban J connectivity index is 2.05. The number of alkyl halides is 3. The van der Waals surface area contributed by atoms with Gasteiger partial charge in [-0.3, -0.25) is 0 Å². The second-order valence-electron chi connectivity index (χ2n) is 5.91. The van der Waals surface area contributed by atoms with Crippen LogP contribution in [0.5, 0.6) is 0 Å². The highest BCUT2D eigenvalue weighted by atomic mass is 35.5. The molecular weight excluding hydrogens is 375 g/mol. The Bertz CT molecular complexity index is 865. The van der Waals surface area contributed by atoms with E-state index < -0.39 is 26.7 Å². The van der Waals surface area contributed by atoms with Gasteiger partial charge in [-0.05, 0) is 36.6 Å². The first-order chi connectivity index (χ1) is 11.7. The highest BCUT2D eigenvalue weighted by Gasteiger charge is 2.43. The molecule has 0 amide bonds. The molecule has 0 spiro atoms. The van der Waals surface area contributed by atoms with E-state index in [0.29, 0.717) is 18.9 Å². The summed E-state index contributed by atoms with van der Waals surface area (Å²) in [6.07, 6.45) is -3.53. The molecule has 0 heterocycles. The zero-order valence-electron chi connectivity index (χ0n) is 13.0. The SMILES string of the molecule is O=S(=O)(c1ccc(Cl)cc1C(F)(F)F)N(Cc1ccccc1)C1CC1. The van der Waals surface area contributed by atoms with Gasteiger partial charge in [0.1, 0.15) is 0 Å². The van der Waals surface area contributed by atoms with Gasteiger partial charge in [0.2, 0.25) is 10.0 Å². The van der Waals surface area contributed by atoms with E-state index in [2.05, 4.69) is 0 Å². The van der Waals surface area contributed by atoms with Crippen LogP contribution in [0.1, 0.15) is 24.0 Å². The minimum absolute atomic E-state index is 0.0355. The molecule has 0 radical (unpaired) electrons. The molecule has 0 unspecified atom stereocenters. The van der Waals surface area contributed by atoms with Gasteiger partial charge in [-0.15, -0.1) is 0 Å². The molecule has 2 aromatic rings. The molecule has 3 nitrogen and oxygen atoms in total. The predicted octanol–water partition coefficient (Wildman–Crippen LogP) is 4.71. The van der Waals surface area contributed by atoms with Gasteiger partial charge in [0.05, 0.1) is 10.5 Å². The first kappa shape index (κ1) is 18.2. The lowest BCUT2D eigenvalue weighted by molar-refractivity contribution is -0.139. The van der Waals surface area contributed by atoms with Gasteiger partial charge in [-0.1, -0.05) is 41.9 Å². The van der Waals surface area contributed by atoms with Crippen LogP contribution in [-0.4, -0.2) is 18.8 Å². The van der Waals surface area contributed by atoms with Gasteiger partial charge in [-0.25, -0.2) is 8.42 Å². The van der Waals surface area contributed by atoms with Crippen molar-refractivity contribution in [1.82, 2.24) is 4.31 Å². The fourth-order valence-corrected chi connectivity index (χ4v) is 4.65. The second-order valence-corrected chi connectivity index (χ2v) is 8.20. The van der Waals surface area contributed by atoms with Crippen LogP contribution >= 0.6 is 11.6 Å². The Hall–Kier alpha value is -1.57. The van der Waals surface area contributed by atoms with Crippen molar-refractivity contribution in [3.05, 3.63) is 64.7 Å². The zero-order valence-corrected chi connectivity index (χ0v) is 14.6. The Morgan fingerprint density at radius 3 is 2.28 bits per heavy atom. The van der Waals surface area contributed by atoms with Crippen LogP contribution < -0.4 is 0 Å². The maximum Gasteiger partial charge on any atom is 0.417 e. The molecular formula is C17H15ClF3NO2S. The van der Waals surface area contributed by atoms with Crippen LogP contribution in [0.2, 0.25) is 5.02 Å². The third-order valence-electron chi connectivity index (χ3n) is 3.97. The van der Waals surface area contributed by atoms with Crippen molar-refractivity contribution in [3.63, 3.8) is 0 Å². The van der Waals surface area contributed by atoms with Crippen LogP contribution in [0.15, 0.2) is 53.4 Å². The fraction of sp³-hybridized carbons (Fsp3) is 0.294. The molecule has 1 fully saturated rings. The van der Waals surface area contributed by atoms with Gasteiger partial charge < -0.3 is 0 Å². The summed E-state index contributed by atoms with van der Waals surface area (Å²) in [4.78, 5) is -0.757. The largest absolute Gasteiger partial charge is 0.417 e. The second kappa shape index (κ2) is 6.63. The quantitative estimate of drug-likeness (QED) is 0.742. The first-order valence-corrected chi connectivity index (χ1v) is 9.44. The monoisotopic (exact) mass is 389 g/mol. The van der Waals surface area contributed by atoms with Crippen LogP contribution in [-0.2, 0) is 22.7 Å². The summed E-state index contributed by atoms with van der Waals surface area (Å²) in [6.45, 7) is 0.0355. The van der Waals surface area contributed by atoms with E-state index in [1.165, 1.54) is 0 Å². The Morgan fingerprint density at radius 2 is 1.72 bits per heavy atom. The molecule has 1 aliphatic rings. The summed E-state index contributed by atoms with van der Waals surface area (Å²) < 4.78 is 67.1. The molecule has 0 N–H and O–H groups in total. The van der Waals surface area contributed by atoms with Gasteiger partial charge >= 0.3 is 6.18 Å². The molecule has 0 atom stereocenters. The summed E-state index contributed by atoms with van der Waals surface area (Å²) in [7, 11) is -4.31. The number of rotatable bonds is 5. The van der Waals surface area contributed by atoms with Gasteiger partial charge in [0, 0.05) is 17.6 Å². The molecule has 0 aliphatic heterocycles. The first-order valence-electron chi connectivity index (χ1n) is 7.62. The number of sulfonamides is 1. The van der Waals surface area contributed by atoms with Gasteiger partial charge in [0.25, 0.3) is 0 Å². The lowest BCUT2D eigenvalue weighted by Gasteiger charge is -2.24. The number of nitrogens with zero attached hydrogens (tertiary/aromatic N) is 1. The summed E-state index contributed by atoms with van der Waals surface area (Å²) in [5.74, 6) is 0. The third kappa shape index (κ3) is 3.99. The molecule has 3 rings (SSSR count). The van der Waals surface area contributed by atoms with E-state index in [1.807, 2.05) is 0 Å². The standard InChI is InChI=1S/C17H15ClF3NO2S/c18-13-6-9-16(15(10-13)17(19,20)21)25(23,24)22(14-7-8-14)11-12-4-2-1-3-5-12/h1-6,9-10,14H,7-8,11H2. The van der Waals surface area contributed by atoms with Crippen molar-refractivity contribution in [2.24, 2.45) is 0 Å². The van der Waals surface area contributed by atoms with E-state index in [4.69, 9.17) is 11.6 Å². The van der Waals surface area contributed by atoms with Crippen molar-refractivity contribution in [2.45, 2.75) is 36.5 Å². The summed E-state index contributed by atoms with van der Waals surface area (Å²) >= 11 is 5.65. The van der Waals surface area contributed by atoms with Crippen molar-refractivity contribution < 1.29 is 21.6 Å². The molecule has 1 aliphatic carbocycles. The maximum absolute atomic E-state index is 13.3. The molecule has 2 aromatic carbocycles. The molecule has 8 heteroatoms. The molecule has 0 saturated heterocycles. The Labute approximate surface area is 149 Å². The smallest absolute Gasteiger partial charge is 0.207 e. The Morgan fingerprint density at radius 1 is 1.08 bits per heavy atom. The van der Waals surface area contributed by atoms with E-state index in [1.54, 1.807) is 30.3 Å². The average Bonchev–Trinajstić information content (AvgIpc) is 3.37. The van der Waals surface area contributed by atoms with Gasteiger partial charge in [-0.2, -0.15) is 17.5 Å². The minimum atomic E-state index is -4.81. The summed E-state index contributed by atoms with van der Waals surface area (Å²) in [5, 5.41) is -0.160. The number of benzene rings is 2. The number of hydrogen-bond acceptors (Lipinski definition) is 2. The molecule has 25 heavy (non-hydrogen) atoms. The Kier molecular flexibility index (Phi) is 4.83. The number of halogens is 4. The molecule has 134 valence electrons. The topological polar surface area (TPSA) is 37.4 Å². The van der Waals surface area contributed by atoms with Crippen LogP contribution in [0.4, 0.5) is 13.2 Å². The van der Waals surface area contributed by atoms with Crippen LogP contribution in [0, 0.1) is 0 Å². The van der Waals surface area contributed by atoms with Crippen LogP contribution in [0.25, 0.3) is 0 Å². The molecule has 1 saturated carbocycles. The van der Waals surface area contributed by atoms with E-state index in [-0.39, 0.29) is 17.6 Å². The lowest BCUT2D eigenvalue weighted by atomic mass is 10.2. The van der Waals surface area contributed by atoms with Crippen molar-refractivity contribution in [2.75, 3.05) is 0 Å². The van der Waals surface area contributed by atoms with Crippen molar-refractivity contribution >= 4 is 21.6 Å². The average molecular weight is 390 g/mol. The van der Waals surface area contributed by atoms with Gasteiger partial charge in [0.15, 0.2) is 0 Å². The predicted molar refractivity (Wildman–Crippen MR) is 88.6 cm³/mol. The normalized spacial score (nSPS) is 15.6. The molecule has 0 bridgehead atoms. The summed E-state index contributed by atoms with van der Waals surface area (Å²) in [5.41, 5.74) is -0.515. The van der Waals surface area contributed by atoms with E-state index in [9.17, 15) is 21.6 Å². The lowest BCUT2D eigenvalue weighted by Crippen LogP contribution is -2.34. The fourth-order valence-electron chi connectivity index (χ4n) is 2.61. The highest BCUT2D eigenvalue weighted by Crippen LogP contribution is 2.40. The summed E-state index contributed by atoms with van der Waals surface area (Å²) in [6, 6.07) is 11.3. The number of hydrogen-bond donors (Lipinski definition) is 0. The van der Waals surface area contributed by atoms with Crippen molar-refractivity contribution in [1.29, 1.82) is 0 Å². The minimum Gasteiger partial charge on any atom is -0.207 e. The van der Waals surface area contributed by atoms with Crippen molar-refractivity contribution in [3.8, 4) is 0 Å². The maximum atomic E-state index is 13.3. The zero-order chi connectivity index (χ0) is 18.2. The van der Waals surface area contributed by atoms with Crippen LogP contribution in [0.3, 0.4) is 0 Å². The highest BCUT2D eigenvalue weighted by molar-refractivity contribution is 7.89. The van der Waals surface area contributed by atoms with E-state index in [0.717, 1.165) is 22.0 Å². The third-order valence-corrected chi connectivity index (χ3v) is 6.16.